The zero-order valence-electron chi connectivity index (χ0n) is 12.2. The highest BCUT2D eigenvalue weighted by Gasteiger charge is 2.13. The van der Waals surface area contributed by atoms with E-state index in [-0.39, 0.29) is 0 Å². The van der Waals surface area contributed by atoms with Crippen molar-refractivity contribution in [1.82, 2.24) is 15.1 Å². The Balaban J connectivity index is 2.19. The lowest BCUT2D eigenvalue weighted by Crippen LogP contribution is -2.39. The second-order valence-corrected chi connectivity index (χ2v) is 5.90. The summed E-state index contributed by atoms with van der Waals surface area (Å²) in [7, 11) is 2.27. The Morgan fingerprint density at radius 1 is 1.18 bits per heavy atom. The van der Waals surface area contributed by atoms with Crippen molar-refractivity contribution in [2.45, 2.75) is 39.7 Å². The molecule has 3 heteroatoms. The molecule has 0 amide bonds. The van der Waals surface area contributed by atoms with E-state index in [1.807, 2.05) is 0 Å². The summed E-state index contributed by atoms with van der Waals surface area (Å²) in [5.74, 6) is 0.801. The highest BCUT2D eigenvalue weighted by molar-refractivity contribution is 4.70. The fourth-order valence-corrected chi connectivity index (χ4v) is 2.51. The van der Waals surface area contributed by atoms with Crippen LogP contribution < -0.4 is 5.32 Å². The van der Waals surface area contributed by atoms with Gasteiger partial charge in [-0.25, -0.2) is 0 Å². The van der Waals surface area contributed by atoms with E-state index < -0.39 is 0 Å². The van der Waals surface area contributed by atoms with E-state index in [0.29, 0.717) is 6.04 Å². The van der Waals surface area contributed by atoms with Crippen molar-refractivity contribution < 1.29 is 0 Å². The number of nitrogens with one attached hydrogen (secondary N) is 1. The summed E-state index contributed by atoms with van der Waals surface area (Å²) in [5, 5.41) is 3.46. The third kappa shape index (κ3) is 6.39. The van der Waals surface area contributed by atoms with Crippen LogP contribution in [0.5, 0.6) is 0 Å². The third-order valence-electron chi connectivity index (χ3n) is 3.77. The maximum Gasteiger partial charge on any atom is 0.0110 e. The molecular formula is C14H31N3. The maximum atomic E-state index is 3.46. The average molecular weight is 241 g/mol. The first-order chi connectivity index (χ1) is 8.09. The quantitative estimate of drug-likeness (QED) is 0.763. The number of nitrogens with zero attached hydrogens (tertiary/aromatic N) is 2. The lowest BCUT2D eigenvalue weighted by atomic mass is 10.0. The SMILES string of the molecule is CC(C)CC(C)N(C)CCN1CCCNCC1. The van der Waals surface area contributed by atoms with E-state index in [0.717, 1.165) is 12.5 Å². The minimum absolute atomic E-state index is 0.708. The topological polar surface area (TPSA) is 18.5 Å². The van der Waals surface area contributed by atoms with Crippen LogP contribution in [0.25, 0.3) is 0 Å². The minimum atomic E-state index is 0.708. The predicted molar refractivity (Wildman–Crippen MR) is 75.5 cm³/mol. The van der Waals surface area contributed by atoms with Crippen molar-refractivity contribution in [3.05, 3.63) is 0 Å². The molecule has 0 saturated carbocycles. The number of hydrogen-bond donors (Lipinski definition) is 1. The normalized spacial score (nSPS) is 20.8. The van der Waals surface area contributed by atoms with Crippen LogP contribution in [0.2, 0.25) is 0 Å². The molecule has 1 fully saturated rings. The Morgan fingerprint density at radius 3 is 2.65 bits per heavy atom. The summed E-state index contributed by atoms with van der Waals surface area (Å²) < 4.78 is 0. The molecule has 1 aliphatic rings. The second kappa shape index (κ2) is 8.06. The molecule has 0 bridgehead atoms. The van der Waals surface area contributed by atoms with Gasteiger partial charge < -0.3 is 15.1 Å². The Bertz CT molecular complexity index is 186. The Morgan fingerprint density at radius 2 is 1.94 bits per heavy atom. The van der Waals surface area contributed by atoms with Crippen molar-refractivity contribution >= 4 is 0 Å². The van der Waals surface area contributed by atoms with Gasteiger partial charge in [0.2, 0.25) is 0 Å². The Hall–Kier alpha value is -0.120. The molecule has 0 radical (unpaired) electrons. The summed E-state index contributed by atoms with van der Waals surface area (Å²) in [6.45, 7) is 14.2. The summed E-state index contributed by atoms with van der Waals surface area (Å²) in [6, 6.07) is 0.708. The lowest BCUT2D eigenvalue weighted by molar-refractivity contribution is 0.187. The van der Waals surface area contributed by atoms with Gasteiger partial charge in [-0.2, -0.15) is 0 Å². The summed E-state index contributed by atoms with van der Waals surface area (Å²) in [6.07, 6.45) is 2.60. The van der Waals surface area contributed by atoms with Crippen LogP contribution in [0.3, 0.4) is 0 Å². The Kier molecular flexibility index (Phi) is 7.09. The van der Waals surface area contributed by atoms with Gasteiger partial charge in [0.1, 0.15) is 0 Å². The van der Waals surface area contributed by atoms with Crippen molar-refractivity contribution in [1.29, 1.82) is 0 Å². The number of likely N-dealkylation sites (N-methyl/N-ethyl adjacent to an activating group) is 1. The molecule has 1 saturated heterocycles. The molecule has 1 N–H and O–H groups in total. The van der Waals surface area contributed by atoms with E-state index in [9.17, 15) is 0 Å². The zero-order chi connectivity index (χ0) is 12.7. The minimum Gasteiger partial charge on any atom is -0.315 e. The van der Waals surface area contributed by atoms with Gasteiger partial charge in [-0.05, 0) is 45.8 Å². The smallest absolute Gasteiger partial charge is 0.0110 e. The average Bonchev–Trinajstić information content (AvgIpc) is 2.53. The van der Waals surface area contributed by atoms with Crippen LogP contribution in [0.15, 0.2) is 0 Å². The van der Waals surface area contributed by atoms with E-state index in [2.05, 4.69) is 42.9 Å². The third-order valence-corrected chi connectivity index (χ3v) is 3.77. The first kappa shape index (κ1) is 14.9. The van der Waals surface area contributed by atoms with Gasteiger partial charge in [0.15, 0.2) is 0 Å². The molecule has 0 aromatic heterocycles. The second-order valence-electron chi connectivity index (χ2n) is 5.90. The predicted octanol–water partition coefficient (Wildman–Crippen LogP) is 1.65. The molecule has 1 heterocycles. The van der Waals surface area contributed by atoms with Crippen molar-refractivity contribution in [2.24, 2.45) is 5.92 Å². The van der Waals surface area contributed by atoms with Crippen molar-refractivity contribution in [3.63, 3.8) is 0 Å². The monoisotopic (exact) mass is 241 g/mol. The van der Waals surface area contributed by atoms with Gasteiger partial charge >= 0.3 is 0 Å². The number of hydrogen-bond acceptors (Lipinski definition) is 3. The van der Waals surface area contributed by atoms with E-state index >= 15 is 0 Å². The largest absolute Gasteiger partial charge is 0.315 e. The van der Waals surface area contributed by atoms with Gasteiger partial charge in [-0.1, -0.05) is 13.8 Å². The van der Waals surface area contributed by atoms with E-state index in [4.69, 9.17) is 0 Å². The van der Waals surface area contributed by atoms with Crippen LogP contribution in [0, 0.1) is 5.92 Å². The zero-order valence-corrected chi connectivity index (χ0v) is 12.2. The molecule has 1 aliphatic heterocycles. The molecule has 1 unspecified atom stereocenters. The summed E-state index contributed by atoms with van der Waals surface area (Å²) in [4.78, 5) is 5.11. The molecule has 3 nitrogen and oxygen atoms in total. The van der Waals surface area contributed by atoms with Gasteiger partial charge in [-0.3, -0.25) is 0 Å². The first-order valence-corrected chi connectivity index (χ1v) is 7.23. The fraction of sp³-hybridized carbons (Fsp3) is 1.00. The maximum absolute atomic E-state index is 3.46. The molecule has 0 aromatic carbocycles. The summed E-state index contributed by atoms with van der Waals surface area (Å²) >= 11 is 0. The molecular weight excluding hydrogens is 210 g/mol. The molecule has 0 aliphatic carbocycles. The number of rotatable bonds is 6. The fourth-order valence-electron chi connectivity index (χ4n) is 2.51. The molecule has 102 valence electrons. The van der Waals surface area contributed by atoms with Crippen LogP contribution in [-0.4, -0.2) is 62.2 Å². The van der Waals surface area contributed by atoms with Crippen LogP contribution >= 0.6 is 0 Å². The highest BCUT2D eigenvalue weighted by atomic mass is 15.2. The lowest BCUT2D eigenvalue weighted by Gasteiger charge is -2.29. The first-order valence-electron chi connectivity index (χ1n) is 7.23. The van der Waals surface area contributed by atoms with Crippen LogP contribution in [0.1, 0.15) is 33.6 Å². The molecule has 0 aromatic rings. The highest BCUT2D eigenvalue weighted by Crippen LogP contribution is 2.09. The molecule has 0 spiro atoms. The molecule has 17 heavy (non-hydrogen) atoms. The van der Waals surface area contributed by atoms with Crippen LogP contribution in [-0.2, 0) is 0 Å². The van der Waals surface area contributed by atoms with Gasteiger partial charge in [-0.15, -0.1) is 0 Å². The summed E-state index contributed by atoms with van der Waals surface area (Å²) in [5.41, 5.74) is 0. The molecule has 1 atom stereocenters. The van der Waals surface area contributed by atoms with E-state index in [1.54, 1.807) is 0 Å². The van der Waals surface area contributed by atoms with Crippen molar-refractivity contribution in [2.75, 3.05) is 46.3 Å². The van der Waals surface area contributed by atoms with Crippen LogP contribution in [0.4, 0.5) is 0 Å². The Labute approximate surface area is 108 Å². The van der Waals surface area contributed by atoms with Gasteiger partial charge in [0, 0.05) is 32.2 Å². The standard InChI is InChI=1S/C14H31N3/c1-13(2)12-14(3)16(4)10-11-17-8-5-6-15-7-9-17/h13-15H,5-12H2,1-4H3. The molecule has 1 rings (SSSR count). The van der Waals surface area contributed by atoms with Gasteiger partial charge in [0.05, 0.1) is 0 Å². The van der Waals surface area contributed by atoms with Crippen molar-refractivity contribution in [3.8, 4) is 0 Å². The van der Waals surface area contributed by atoms with Gasteiger partial charge in [0.25, 0.3) is 0 Å². The van der Waals surface area contributed by atoms with E-state index in [1.165, 1.54) is 45.6 Å².